The van der Waals surface area contributed by atoms with Crippen LogP contribution >= 0.6 is 11.3 Å². The van der Waals surface area contributed by atoms with Crippen LogP contribution in [0.1, 0.15) is 27.4 Å². The van der Waals surface area contributed by atoms with Crippen LogP contribution in [0.3, 0.4) is 0 Å². The van der Waals surface area contributed by atoms with Crippen LogP contribution in [0, 0.1) is 6.92 Å². The molecule has 0 saturated carbocycles. The van der Waals surface area contributed by atoms with Gasteiger partial charge in [0.25, 0.3) is 0 Å². The van der Waals surface area contributed by atoms with Gasteiger partial charge in [-0.05, 0) is 36.2 Å². The first-order chi connectivity index (χ1) is 12.8. The number of carbonyl (C=O) groups excluding carboxylic acids is 1. The van der Waals surface area contributed by atoms with E-state index in [-0.39, 0.29) is 18.7 Å². The molecule has 0 radical (unpaired) electrons. The van der Waals surface area contributed by atoms with E-state index in [1.165, 1.54) is 17.4 Å². The Kier molecular flexibility index (Phi) is 5.55. The number of benzene rings is 1. The fourth-order valence-corrected chi connectivity index (χ4v) is 3.55. The molecule has 1 N–H and O–H groups in total. The van der Waals surface area contributed by atoms with E-state index >= 15 is 0 Å². The van der Waals surface area contributed by atoms with E-state index in [2.05, 4.69) is 15.3 Å². The number of carbonyl (C=O) groups is 1. The van der Waals surface area contributed by atoms with Crippen molar-refractivity contribution < 1.29 is 18.0 Å². The largest absolute Gasteiger partial charge is 0.416 e. The molecule has 0 fully saturated rings. The Morgan fingerprint density at radius 2 is 1.89 bits per heavy atom. The zero-order valence-corrected chi connectivity index (χ0v) is 15.2. The molecule has 4 nitrogen and oxygen atoms in total. The summed E-state index contributed by atoms with van der Waals surface area (Å²) in [7, 11) is 0. The van der Waals surface area contributed by atoms with E-state index < -0.39 is 11.7 Å². The molecule has 1 aromatic carbocycles. The number of hydrogen-bond acceptors (Lipinski definition) is 4. The maximum absolute atomic E-state index is 12.8. The van der Waals surface area contributed by atoms with Crippen LogP contribution in [0.5, 0.6) is 0 Å². The highest BCUT2D eigenvalue weighted by molar-refractivity contribution is 7.16. The Morgan fingerprint density at radius 3 is 2.59 bits per heavy atom. The first-order valence-electron chi connectivity index (χ1n) is 8.12. The summed E-state index contributed by atoms with van der Waals surface area (Å²) < 4.78 is 38.5. The lowest BCUT2D eigenvalue weighted by Gasteiger charge is -2.07. The molecule has 8 heteroatoms. The quantitative estimate of drug-likeness (QED) is 0.690. The highest BCUT2D eigenvalue weighted by Crippen LogP contribution is 2.31. The third-order valence-corrected chi connectivity index (χ3v) is 4.89. The van der Waals surface area contributed by atoms with Crippen LogP contribution in [-0.4, -0.2) is 15.9 Å². The predicted molar refractivity (Wildman–Crippen MR) is 97.7 cm³/mol. The normalized spacial score (nSPS) is 11.4. The summed E-state index contributed by atoms with van der Waals surface area (Å²) in [5.74, 6) is -0.182. The van der Waals surface area contributed by atoms with Gasteiger partial charge in [0.2, 0.25) is 5.91 Å². The molecule has 1 amide bonds. The average molecular weight is 391 g/mol. The van der Waals surface area contributed by atoms with Crippen molar-refractivity contribution in [1.82, 2.24) is 9.97 Å². The van der Waals surface area contributed by atoms with Gasteiger partial charge in [0.05, 0.1) is 22.7 Å². The van der Waals surface area contributed by atoms with Crippen molar-refractivity contribution in [3.63, 3.8) is 0 Å². The van der Waals surface area contributed by atoms with Crippen LogP contribution in [0.4, 0.5) is 18.2 Å². The van der Waals surface area contributed by atoms with Crippen LogP contribution in [0.25, 0.3) is 0 Å². The van der Waals surface area contributed by atoms with E-state index in [0.717, 1.165) is 17.7 Å². The third-order valence-electron chi connectivity index (χ3n) is 3.82. The lowest BCUT2D eigenvalue weighted by atomic mass is 10.1. The van der Waals surface area contributed by atoms with Gasteiger partial charge in [-0.2, -0.15) is 13.2 Å². The van der Waals surface area contributed by atoms with Crippen molar-refractivity contribution >= 4 is 22.2 Å². The molecular weight excluding hydrogens is 375 g/mol. The minimum Gasteiger partial charge on any atom is -0.316 e. The Hall–Kier alpha value is -2.74. The van der Waals surface area contributed by atoms with Crippen LogP contribution < -0.4 is 5.32 Å². The molecule has 0 atom stereocenters. The van der Waals surface area contributed by atoms with Gasteiger partial charge in [-0.3, -0.25) is 9.78 Å². The van der Waals surface area contributed by atoms with E-state index in [1.54, 1.807) is 37.5 Å². The Bertz CT molecular complexity index is 939. The molecule has 0 saturated heterocycles. The highest BCUT2D eigenvalue weighted by Gasteiger charge is 2.30. The summed E-state index contributed by atoms with van der Waals surface area (Å²) in [6.07, 6.45) is -0.652. The Morgan fingerprint density at radius 1 is 1.15 bits per heavy atom. The summed E-state index contributed by atoms with van der Waals surface area (Å²) in [6.45, 7) is 1.76. The second kappa shape index (κ2) is 7.87. The van der Waals surface area contributed by atoms with Gasteiger partial charge < -0.3 is 5.32 Å². The molecule has 2 aromatic heterocycles. The van der Waals surface area contributed by atoms with Crippen molar-refractivity contribution in [2.24, 2.45) is 0 Å². The van der Waals surface area contributed by atoms with Crippen molar-refractivity contribution in [2.75, 3.05) is 5.32 Å². The molecule has 3 aromatic rings. The van der Waals surface area contributed by atoms with Gasteiger partial charge in [0.15, 0.2) is 0 Å². The van der Waals surface area contributed by atoms with Crippen molar-refractivity contribution in [1.29, 1.82) is 0 Å². The number of pyridine rings is 1. The van der Waals surface area contributed by atoms with Gasteiger partial charge in [-0.1, -0.05) is 18.2 Å². The molecule has 0 unspecified atom stereocenters. The monoisotopic (exact) mass is 391 g/mol. The maximum atomic E-state index is 12.8. The minimum absolute atomic E-state index is 0.182. The predicted octanol–water partition coefficient (Wildman–Crippen LogP) is 4.64. The fourth-order valence-electron chi connectivity index (χ4n) is 2.53. The molecule has 0 aliphatic heterocycles. The number of aryl methyl sites for hydroxylation is 1. The van der Waals surface area contributed by atoms with Crippen LogP contribution in [0.15, 0.2) is 48.8 Å². The Labute approximate surface area is 158 Å². The average Bonchev–Trinajstić information content (AvgIpc) is 2.94. The lowest BCUT2D eigenvalue weighted by Crippen LogP contribution is -2.14. The molecule has 140 valence electrons. The van der Waals surface area contributed by atoms with Crippen LogP contribution in [-0.2, 0) is 23.8 Å². The molecule has 0 bridgehead atoms. The first kappa shape index (κ1) is 19.0. The first-order valence-corrected chi connectivity index (χ1v) is 8.94. The zero-order chi connectivity index (χ0) is 19.4. The van der Waals surface area contributed by atoms with E-state index in [9.17, 15) is 18.0 Å². The second-order valence-corrected chi connectivity index (χ2v) is 7.06. The number of anilines is 1. The number of thiazole rings is 1. The van der Waals surface area contributed by atoms with Crippen LogP contribution in [0.2, 0.25) is 0 Å². The highest BCUT2D eigenvalue weighted by atomic mass is 32.1. The molecule has 3 rings (SSSR count). The lowest BCUT2D eigenvalue weighted by molar-refractivity contribution is -0.137. The van der Waals surface area contributed by atoms with Crippen molar-refractivity contribution in [3.8, 4) is 0 Å². The topological polar surface area (TPSA) is 54.9 Å². The van der Waals surface area contributed by atoms with Gasteiger partial charge >= 0.3 is 6.18 Å². The number of nitrogens with one attached hydrogen (secondary N) is 1. The number of alkyl halides is 3. The minimum atomic E-state index is -4.37. The van der Waals surface area contributed by atoms with Gasteiger partial charge in [0.1, 0.15) is 5.00 Å². The third kappa shape index (κ3) is 5.13. The number of halogens is 3. The summed E-state index contributed by atoms with van der Waals surface area (Å²) >= 11 is 1.27. The summed E-state index contributed by atoms with van der Waals surface area (Å²) in [5.41, 5.74) is 1.33. The van der Waals surface area contributed by atoms with Crippen molar-refractivity contribution in [3.05, 3.63) is 76.2 Å². The SMILES string of the molecule is Cc1nc(Cc2cccc(C(F)(F)F)c2)sc1NC(=O)Cc1ccncc1. The number of aromatic nitrogens is 2. The Balaban J connectivity index is 1.69. The zero-order valence-electron chi connectivity index (χ0n) is 14.4. The summed E-state index contributed by atoms with van der Waals surface area (Å²) in [5, 5.41) is 4.07. The molecule has 27 heavy (non-hydrogen) atoms. The molecule has 0 aliphatic rings. The van der Waals surface area contributed by atoms with Gasteiger partial charge in [-0.15, -0.1) is 11.3 Å². The van der Waals surface area contributed by atoms with Gasteiger partial charge in [-0.25, -0.2) is 4.98 Å². The van der Waals surface area contributed by atoms with E-state index in [0.29, 0.717) is 21.3 Å². The molecular formula is C19H16F3N3OS. The second-order valence-electron chi connectivity index (χ2n) is 5.98. The maximum Gasteiger partial charge on any atom is 0.416 e. The van der Waals surface area contributed by atoms with E-state index in [4.69, 9.17) is 0 Å². The van der Waals surface area contributed by atoms with Crippen molar-refractivity contribution in [2.45, 2.75) is 25.9 Å². The summed E-state index contributed by atoms with van der Waals surface area (Å²) in [4.78, 5) is 20.5. The number of amides is 1. The number of nitrogens with zero attached hydrogens (tertiary/aromatic N) is 2. The fraction of sp³-hybridized carbons (Fsp3) is 0.211. The smallest absolute Gasteiger partial charge is 0.316 e. The standard InChI is InChI=1S/C19H16F3N3OS/c1-12-18(25-16(26)10-13-5-7-23-8-6-13)27-17(24-12)11-14-3-2-4-15(9-14)19(20,21)22/h2-9H,10-11H2,1H3,(H,25,26). The molecule has 0 spiro atoms. The van der Waals surface area contributed by atoms with Gasteiger partial charge in [0, 0.05) is 18.8 Å². The number of rotatable bonds is 5. The summed E-state index contributed by atoms with van der Waals surface area (Å²) in [6, 6.07) is 8.71. The molecule has 0 aliphatic carbocycles. The molecule has 2 heterocycles. The number of hydrogen-bond donors (Lipinski definition) is 1. The van der Waals surface area contributed by atoms with E-state index in [1.807, 2.05) is 0 Å².